The lowest BCUT2D eigenvalue weighted by molar-refractivity contribution is -0.181. The molecule has 0 saturated carbocycles. The molecule has 1 fully saturated rings. The lowest BCUT2D eigenvalue weighted by Crippen LogP contribution is -2.47. The van der Waals surface area contributed by atoms with Crippen LogP contribution >= 0.6 is 11.3 Å². The molecule has 0 radical (unpaired) electrons. The van der Waals surface area contributed by atoms with Gasteiger partial charge in [0.25, 0.3) is 0 Å². The quantitative estimate of drug-likeness (QED) is 0.459. The first-order chi connectivity index (χ1) is 14.6. The minimum atomic E-state index is -1.13. The summed E-state index contributed by atoms with van der Waals surface area (Å²) in [6, 6.07) is 16.3. The second-order valence-electron chi connectivity index (χ2n) is 7.51. The van der Waals surface area contributed by atoms with Gasteiger partial charge < -0.3 is 29.9 Å². The molecule has 160 valence electrons. The van der Waals surface area contributed by atoms with Crippen molar-refractivity contribution < 1.29 is 29.9 Å². The normalized spacial score (nSPS) is 24.3. The second-order valence-corrected chi connectivity index (χ2v) is 8.68. The average Bonchev–Trinajstić information content (AvgIpc) is 3.17. The molecule has 1 aliphatic rings. The highest BCUT2D eigenvalue weighted by Crippen LogP contribution is 2.38. The van der Waals surface area contributed by atoms with Gasteiger partial charge in [-0.25, -0.2) is 0 Å². The van der Waals surface area contributed by atoms with Gasteiger partial charge in [0.2, 0.25) is 0 Å². The fourth-order valence-corrected chi connectivity index (χ4v) is 4.98. The molecule has 1 saturated heterocycles. The Labute approximate surface area is 178 Å². The topological polar surface area (TPSA) is 99.4 Å². The molecule has 0 spiro atoms. The van der Waals surface area contributed by atoms with E-state index in [0.717, 1.165) is 17.5 Å². The van der Waals surface area contributed by atoms with Gasteiger partial charge in [0.05, 0.1) is 25.4 Å². The second kappa shape index (κ2) is 9.43. The van der Waals surface area contributed by atoms with Crippen LogP contribution in [0.15, 0.2) is 48.5 Å². The van der Waals surface area contributed by atoms with Crippen LogP contribution in [0.3, 0.4) is 0 Å². The maximum atomic E-state index is 10.2. The maximum absolute atomic E-state index is 10.2. The van der Waals surface area contributed by atoms with E-state index in [1.807, 2.05) is 30.3 Å². The summed E-state index contributed by atoms with van der Waals surface area (Å²) in [4.78, 5) is 1.24. The first kappa shape index (κ1) is 21.2. The molecule has 7 heteroatoms. The molecular formula is C23H26O6S. The van der Waals surface area contributed by atoms with E-state index in [2.05, 4.69) is 18.2 Å². The van der Waals surface area contributed by atoms with Gasteiger partial charge in [0.1, 0.15) is 24.6 Å². The van der Waals surface area contributed by atoms with Gasteiger partial charge in [-0.1, -0.05) is 24.3 Å². The van der Waals surface area contributed by atoms with Gasteiger partial charge in [-0.05, 0) is 35.2 Å². The van der Waals surface area contributed by atoms with Crippen molar-refractivity contribution >= 4 is 21.4 Å². The predicted octanol–water partition coefficient (Wildman–Crippen LogP) is 2.41. The van der Waals surface area contributed by atoms with Crippen LogP contribution in [0, 0.1) is 0 Å². The summed E-state index contributed by atoms with van der Waals surface area (Å²) in [7, 11) is 0. The molecule has 4 atom stereocenters. The van der Waals surface area contributed by atoms with Crippen molar-refractivity contribution in [1.82, 2.24) is 0 Å². The molecular weight excluding hydrogens is 404 g/mol. The Morgan fingerprint density at radius 1 is 1.07 bits per heavy atom. The molecule has 4 rings (SSSR count). The maximum Gasteiger partial charge on any atom is 0.125 e. The van der Waals surface area contributed by atoms with Crippen molar-refractivity contribution in [2.75, 3.05) is 19.8 Å². The SMILES string of the molecule is OCCOc1ccc(Cc2cc3ccccc3s2)cc1C1CC(O)C(O)C(CO)O1. The van der Waals surface area contributed by atoms with Crippen molar-refractivity contribution in [3.05, 3.63) is 64.5 Å². The highest BCUT2D eigenvalue weighted by Gasteiger charge is 2.38. The zero-order valence-corrected chi connectivity index (χ0v) is 17.3. The Kier molecular flexibility index (Phi) is 6.67. The average molecular weight is 431 g/mol. The van der Waals surface area contributed by atoms with Crippen LogP contribution in [0.1, 0.15) is 28.5 Å². The predicted molar refractivity (Wildman–Crippen MR) is 115 cm³/mol. The Bertz CT molecular complexity index is 954. The molecule has 3 aromatic rings. The van der Waals surface area contributed by atoms with Gasteiger partial charge in [0, 0.05) is 28.0 Å². The van der Waals surface area contributed by atoms with Crippen LogP contribution in [0.25, 0.3) is 10.1 Å². The number of benzene rings is 2. The van der Waals surface area contributed by atoms with E-state index in [9.17, 15) is 15.3 Å². The summed E-state index contributed by atoms with van der Waals surface area (Å²) in [6.45, 7) is -0.359. The Morgan fingerprint density at radius 2 is 1.90 bits per heavy atom. The summed E-state index contributed by atoms with van der Waals surface area (Å²) in [5, 5.41) is 40.2. The number of rotatable bonds is 7. The van der Waals surface area contributed by atoms with E-state index in [0.29, 0.717) is 5.75 Å². The van der Waals surface area contributed by atoms with Crippen molar-refractivity contribution in [3.63, 3.8) is 0 Å². The lowest BCUT2D eigenvalue weighted by Gasteiger charge is -2.37. The van der Waals surface area contributed by atoms with Crippen molar-refractivity contribution in [2.45, 2.75) is 37.3 Å². The molecule has 6 nitrogen and oxygen atoms in total. The van der Waals surface area contributed by atoms with Crippen molar-refractivity contribution in [3.8, 4) is 5.75 Å². The number of hydrogen-bond acceptors (Lipinski definition) is 7. The van der Waals surface area contributed by atoms with Gasteiger partial charge in [0.15, 0.2) is 0 Å². The summed E-state index contributed by atoms with van der Waals surface area (Å²) >= 11 is 1.75. The summed E-state index contributed by atoms with van der Waals surface area (Å²) in [5.41, 5.74) is 1.81. The zero-order chi connectivity index (χ0) is 21.1. The van der Waals surface area contributed by atoms with Crippen LogP contribution in [0.2, 0.25) is 0 Å². The Morgan fingerprint density at radius 3 is 2.67 bits per heavy atom. The number of thiophene rings is 1. The lowest BCUT2D eigenvalue weighted by atomic mass is 9.92. The number of hydrogen-bond donors (Lipinski definition) is 4. The van der Waals surface area contributed by atoms with E-state index in [1.54, 1.807) is 11.3 Å². The molecule has 0 amide bonds. The van der Waals surface area contributed by atoms with Crippen LogP contribution in [-0.2, 0) is 11.2 Å². The van der Waals surface area contributed by atoms with Crippen LogP contribution in [0.4, 0.5) is 0 Å². The molecule has 1 aromatic heterocycles. The number of aliphatic hydroxyl groups excluding tert-OH is 4. The Hall–Kier alpha value is -2.00. The molecule has 2 heterocycles. The third kappa shape index (κ3) is 4.51. The van der Waals surface area contributed by atoms with E-state index in [1.165, 1.54) is 15.0 Å². The van der Waals surface area contributed by atoms with E-state index >= 15 is 0 Å². The fourth-order valence-electron chi connectivity index (χ4n) is 3.88. The van der Waals surface area contributed by atoms with Crippen molar-refractivity contribution in [1.29, 1.82) is 0 Å². The minimum absolute atomic E-state index is 0.116. The molecule has 1 aliphatic heterocycles. The largest absolute Gasteiger partial charge is 0.491 e. The fraction of sp³-hybridized carbons (Fsp3) is 0.391. The first-order valence-corrected chi connectivity index (χ1v) is 10.9. The highest BCUT2D eigenvalue weighted by molar-refractivity contribution is 7.19. The number of ether oxygens (including phenoxy) is 2. The van der Waals surface area contributed by atoms with Crippen LogP contribution in [-0.4, -0.2) is 58.6 Å². The Balaban J connectivity index is 1.63. The monoisotopic (exact) mass is 430 g/mol. The summed E-state index contributed by atoms with van der Waals surface area (Å²) < 4.78 is 12.8. The van der Waals surface area contributed by atoms with Gasteiger partial charge >= 0.3 is 0 Å². The smallest absolute Gasteiger partial charge is 0.125 e. The van der Waals surface area contributed by atoms with E-state index in [4.69, 9.17) is 14.6 Å². The third-order valence-corrected chi connectivity index (χ3v) is 6.49. The molecule has 4 N–H and O–H groups in total. The molecule has 0 bridgehead atoms. The third-order valence-electron chi connectivity index (χ3n) is 5.37. The zero-order valence-electron chi connectivity index (χ0n) is 16.5. The van der Waals surface area contributed by atoms with Crippen molar-refractivity contribution in [2.24, 2.45) is 0 Å². The first-order valence-electron chi connectivity index (χ1n) is 10.1. The van der Waals surface area contributed by atoms with Gasteiger partial charge in [-0.3, -0.25) is 0 Å². The summed E-state index contributed by atoms with van der Waals surface area (Å²) in [5.74, 6) is 0.564. The van der Waals surface area contributed by atoms with Crippen LogP contribution < -0.4 is 4.74 Å². The summed E-state index contributed by atoms with van der Waals surface area (Å²) in [6.07, 6.45) is -2.59. The highest BCUT2D eigenvalue weighted by atomic mass is 32.1. The van der Waals surface area contributed by atoms with Crippen LogP contribution in [0.5, 0.6) is 5.75 Å². The number of aliphatic hydroxyl groups is 4. The van der Waals surface area contributed by atoms with Gasteiger partial charge in [-0.15, -0.1) is 11.3 Å². The van der Waals surface area contributed by atoms with E-state index in [-0.39, 0.29) is 26.2 Å². The standard InChI is InChI=1S/C23H26O6S/c24-7-8-28-19-6-5-14(9-16-11-15-3-1-2-4-22(15)30-16)10-17(19)20-12-18(26)23(27)21(13-25)29-20/h1-6,10-11,18,20-21,23-27H,7-9,12-13H2. The minimum Gasteiger partial charge on any atom is -0.491 e. The number of fused-ring (bicyclic) bond motifs is 1. The molecule has 30 heavy (non-hydrogen) atoms. The molecule has 0 aliphatic carbocycles. The van der Waals surface area contributed by atoms with E-state index < -0.39 is 24.4 Å². The van der Waals surface area contributed by atoms with Gasteiger partial charge in [-0.2, -0.15) is 0 Å². The molecule has 2 aromatic carbocycles. The molecule has 4 unspecified atom stereocenters.